The maximum absolute atomic E-state index is 13.9. The summed E-state index contributed by atoms with van der Waals surface area (Å²) in [4.78, 5) is 14.5. The van der Waals surface area contributed by atoms with Crippen LogP contribution in [0.5, 0.6) is 5.75 Å². The largest absolute Gasteiger partial charge is 0.489 e. The molecular formula is C27H38N2O6S2. The van der Waals surface area contributed by atoms with Gasteiger partial charge in [0.25, 0.3) is 0 Å². The Kier molecular flexibility index (Phi) is 10.3. The highest BCUT2D eigenvalue weighted by atomic mass is 32.2. The van der Waals surface area contributed by atoms with Gasteiger partial charge in [0.15, 0.2) is 6.10 Å². The summed E-state index contributed by atoms with van der Waals surface area (Å²) in [6.45, 7) is 4.36. The van der Waals surface area contributed by atoms with Gasteiger partial charge in [0.1, 0.15) is 17.3 Å². The zero-order valence-corrected chi connectivity index (χ0v) is 23.7. The third-order valence-electron chi connectivity index (χ3n) is 6.59. The average molecular weight is 551 g/mol. The van der Waals surface area contributed by atoms with Crippen LogP contribution < -0.4 is 14.4 Å². The number of sulfonamides is 1. The molecule has 1 heterocycles. The molecule has 0 radical (unpaired) electrons. The van der Waals surface area contributed by atoms with Gasteiger partial charge in [-0.05, 0) is 37.3 Å². The first-order chi connectivity index (χ1) is 17.7. The van der Waals surface area contributed by atoms with Crippen LogP contribution >= 0.6 is 11.8 Å². The van der Waals surface area contributed by atoms with Crippen molar-refractivity contribution in [3.05, 3.63) is 42.5 Å². The molecule has 1 atom stereocenters. The number of aliphatic hydroxyl groups is 1. The van der Waals surface area contributed by atoms with Crippen LogP contribution in [-0.2, 0) is 19.6 Å². The van der Waals surface area contributed by atoms with Crippen LogP contribution in [0.4, 0.5) is 11.4 Å². The normalized spacial score (nSPS) is 16.9. The maximum atomic E-state index is 13.9. The van der Waals surface area contributed by atoms with Crippen molar-refractivity contribution >= 4 is 39.1 Å². The SMILES string of the molecule is CCCCC1(CCCC)CN(c2ccccc2)c2cc(SC)c(OC[C@H](O)C(=O)OC)cc2S(=O)(=O)N1. The number of esters is 1. The number of carbonyl (C=O) groups excluding carboxylic acids is 1. The fourth-order valence-corrected chi connectivity index (χ4v) is 6.82. The summed E-state index contributed by atoms with van der Waals surface area (Å²) in [6.07, 6.45) is 5.57. The molecule has 0 fully saturated rings. The van der Waals surface area contributed by atoms with E-state index in [0.717, 1.165) is 44.2 Å². The second kappa shape index (κ2) is 13.0. The molecule has 0 saturated heterocycles. The monoisotopic (exact) mass is 550 g/mol. The van der Waals surface area contributed by atoms with Gasteiger partial charge in [-0.3, -0.25) is 0 Å². The highest BCUT2D eigenvalue weighted by Gasteiger charge is 2.42. The Balaban J connectivity index is 2.17. The first kappa shape index (κ1) is 29.3. The summed E-state index contributed by atoms with van der Waals surface area (Å²) in [6, 6.07) is 13.1. The number of ether oxygens (including phenoxy) is 2. The fraction of sp³-hybridized carbons (Fsp3) is 0.519. The van der Waals surface area contributed by atoms with Crippen LogP contribution in [0.25, 0.3) is 0 Å². The summed E-state index contributed by atoms with van der Waals surface area (Å²) in [5, 5.41) is 10.0. The lowest BCUT2D eigenvalue weighted by atomic mass is 9.87. The first-order valence-corrected chi connectivity index (χ1v) is 15.4. The van der Waals surface area contributed by atoms with Crippen molar-refractivity contribution in [1.82, 2.24) is 4.72 Å². The van der Waals surface area contributed by atoms with E-state index in [1.165, 1.54) is 24.9 Å². The number of unbranched alkanes of at least 4 members (excludes halogenated alkanes) is 2. The number of para-hydroxylation sites is 1. The summed E-state index contributed by atoms with van der Waals surface area (Å²) in [5.74, 6) is -0.538. The number of benzene rings is 2. The van der Waals surface area contributed by atoms with E-state index >= 15 is 0 Å². The van der Waals surface area contributed by atoms with Crippen molar-refractivity contribution in [1.29, 1.82) is 0 Å². The Morgan fingerprint density at radius 3 is 2.38 bits per heavy atom. The molecule has 204 valence electrons. The van der Waals surface area contributed by atoms with E-state index in [9.17, 15) is 18.3 Å². The summed E-state index contributed by atoms with van der Waals surface area (Å²) in [5.41, 5.74) is 0.835. The molecule has 0 spiro atoms. The lowest BCUT2D eigenvalue weighted by molar-refractivity contribution is -0.151. The molecule has 1 aliphatic rings. The van der Waals surface area contributed by atoms with E-state index in [4.69, 9.17) is 4.74 Å². The second-order valence-corrected chi connectivity index (χ2v) is 11.8. The van der Waals surface area contributed by atoms with Gasteiger partial charge in [-0.25, -0.2) is 17.9 Å². The number of nitrogens with one attached hydrogen (secondary N) is 1. The molecule has 1 aliphatic heterocycles. The zero-order chi connectivity index (χ0) is 27.1. The van der Waals surface area contributed by atoms with Crippen molar-refractivity contribution in [3.8, 4) is 5.75 Å². The minimum absolute atomic E-state index is 0.103. The van der Waals surface area contributed by atoms with Gasteiger partial charge >= 0.3 is 5.97 Å². The predicted octanol–water partition coefficient (Wildman–Crippen LogP) is 4.87. The van der Waals surface area contributed by atoms with Crippen LogP contribution in [0, 0.1) is 0 Å². The topological polar surface area (TPSA) is 105 Å². The van der Waals surface area contributed by atoms with E-state index in [0.29, 0.717) is 17.1 Å². The fourth-order valence-electron chi connectivity index (χ4n) is 4.62. The van der Waals surface area contributed by atoms with Crippen LogP contribution in [0.15, 0.2) is 52.3 Å². The van der Waals surface area contributed by atoms with Crippen molar-refractivity contribution in [2.75, 3.05) is 31.4 Å². The number of anilines is 2. The quantitative estimate of drug-likeness (QED) is 0.285. The van der Waals surface area contributed by atoms with Crippen LogP contribution in [-0.4, -0.2) is 57.7 Å². The van der Waals surface area contributed by atoms with Gasteiger partial charge < -0.3 is 19.5 Å². The highest BCUT2D eigenvalue weighted by molar-refractivity contribution is 7.98. The lowest BCUT2D eigenvalue weighted by Gasteiger charge is -2.37. The van der Waals surface area contributed by atoms with Crippen LogP contribution in [0.2, 0.25) is 0 Å². The molecule has 37 heavy (non-hydrogen) atoms. The van der Waals surface area contributed by atoms with Crippen molar-refractivity contribution in [3.63, 3.8) is 0 Å². The Hall–Kier alpha value is -2.27. The molecule has 2 aromatic rings. The first-order valence-electron chi connectivity index (χ1n) is 12.7. The summed E-state index contributed by atoms with van der Waals surface area (Å²) >= 11 is 1.40. The van der Waals surface area contributed by atoms with Gasteiger partial charge in [0.05, 0.1) is 23.2 Å². The van der Waals surface area contributed by atoms with Crippen molar-refractivity contribution < 1.29 is 27.8 Å². The molecular weight excluding hydrogens is 512 g/mol. The average Bonchev–Trinajstić information content (AvgIpc) is 3.00. The predicted molar refractivity (Wildman–Crippen MR) is 147 cm³/mol. The number of fused-ring (bicyclic) bond motifs is 1. The number of methoxy groups -OCH3 is 1. The van der Waals surface area contributed by atoms with Crippen molar-refractivity contribution in [2.24, 2.45) is 0 Å². The Bertz CT molecular complexity index is 1150. The molecule has 0 aliphatic carbocycles. The van der Waals surface area contributed by atoms with Gasteiger partial charge in [-0.15, -0.1) is 11.8 Å². The molecule has 0 amide bonds. The van der Waals surface area contributed by atoms with E-state index < -0.39 is 27.6 Å². The Labute approximate surface area is 224 Å². The number of carbonyl (C=O) groups is 1. The number of hydrogen-bond acceptors (Lipinski definition) is 8. The zero-order valence-electron chi connectivity index (χ0n) is 22.0. The number of hydrogen-bond donors (Lipinski definition) is 2. The molecule has 2 aromatic carbocycles. The standard InChI is InChI=1S/C27H38N2O6S2/c1-5-7-14-27(15-8-6-2)19-29(20-12-10-9-11-13-20)21-16-24(36-4)23(17-25(21)37(32,33)28-27)35-18-22(30)26(31)34-3/h9-13,16-17,22,28,30H,5-8,14-15,18-19H2,1-4H3/t22-/m0/s1. The third kappa shape index (κ3) is 6.98. The number of aliphatic hydroxyl groups excluding tert-OH is 1. The van der Waals surface area contributed by atoms with E-state index in [-0.39, 0.29) is 17.3 Å². The molecule has 0 aromatic heterocycles. The van der Waals surface area contributed by atoms with Crippen LogP contribution in [0.3, 0.4) is 0 Å². The highest BCUT2D eigenvalue weighted by Crippen LogP contribution is 2.44. The third-order valence-corrected chi connectivity index (χ3v) is 8.96. The lowest BCUT2D eigenvalue weighted by Crippen LogP contribution is -2.53. The number of thioether (sulfide) groups is 1. The molecule has 3 rings (SSSR count). The Morgan fingerprint density at radius 1 is 1.16 bits per heavy atom. The van der Waals surface area contributed by atoms with Gasteiger partial charge in [0.2, 0.25) is 10.0 Å². The van der Waals surface area contributed by atoms with E-state index in [2.05, 4.69) is 28.2 Å². The smallest absolute Gasteiger partial charge is 0.338 e. The van der Waals surface area contributed by atoms with Gasteiger partial charge in [-0.1, -0.05) is 57.7 Å². The molecule has 0 unspecified atom stereocenters. The second-order valence-electron chi connectivity index (χ2n) is 9.34. The van der Waals surface area contributed by atoms with Gasteiger partial charge in [0, 0.05) is 18.3 Å². The maximum Gasteiger partial charge on any atom is 0.338 e. The molecule has 10 heteroatoms. The molecule has 2 N–H and O–H groups in total. The summed E-state index contributed by atoms with van der Waals surface area (Å²) < 4.78 is 41.3. The molecule has 8 nitrogen and oxygen atoms in total. The minimum atomic E-state index is -3.93. The van der Waals surface area contributed by atoms with E-state index in [1.807, 2.05) is 42.7 Å². The summed E-state index contributed by atoms with van der Waals surface area (Å²) in [7, 11) is -2.75. The number of nitrogens with zero attached hydrogens (tertiary/aromatic N) is 1. The van der Waals surface area contributed by atoms with Crippen LogP contribution in [0.1, 0.15) is 52.4 Å². The minimum Gasteiger partial charge on any atom is -0.489 e. The molecule has 0 bridgehead atoms. The van der Waals surface area contributed by atoms with E-state index in [1.54, 1.807) is 0 Å². The van der Waals surface area contributed by atoms with Gasteiger partial charge in [-0.2, -0.15) is 0 Å². The Morgan fingerprint density at radius 2 is 1.81 bits per heavy atom. The molecule has 0 saturated carbocycles. The number of rotatable bonds is 12. The van der Waals surface area contributed by atoms with Crippen molar-refractivity contribution in [2.45, 2.75) is 73.8 Å².